The molecule has 0 aromatic carbocycles. The molecule has 220 valence electrons. The van der Waals surface area contributed by atoms with Crippen LogP contribution in [0.4, 0.5) is 0 Å². The number of ether oxygens (including phenoxy) is 2. The molecule has 0 fully saturated rings. The molecule has 2 unspecified atom stereocenters. The lowest BCUT2D eigenvalue weighted by Gasteiger charge is -2.28. The van der Waals surface area contributed by atoms with Crippen molar-refractivity contribution in [2.24, 2.45) is 0 Å². The van der Waals surface area contributed by atoms with Crippen LogP contribution in [0.3, 0.4) is 0 Å². The van der Waals surface area contributed by atoms with Gasteiger partial charge in [0.2, 0.25) is 0 Å². The van der Waals surface area contributed by atoms with Crippen LogP contribution in [0, 0.1) is 0 Å². The zero-order chi connectivity index (χ0) is 28.7. The smallest absolute Gasteiger partial charge is 0.306 e. The van der Waals surface area contributed by atoms with E-state index in [9.17, 15) is 19.0 Å². The Bertz CT molecular complexity index is 773. The third-order valence-corrected chi connectivity index (χ3v) is 6.11. The van der Waals surface area contributed by atoms with Gasteiger partial charge in [-0.3, -0.25) is 14.2 Å². The molecule has 0 aliphatic rings. The summed E-state index contributed by atoms with van der Waals surface area (Å²) in [7, 11) is 1.13. The highest BCUT2D eigenvalue weighted by Gasteiger charge is 2.21. The summed E-state index contributed by atoms with van der Waals surface area (Å²) in [5.74, 6) is -0.940. The fraction of sp³-hybridized carbons (Fsp3) is 0.714. The Morgan fingerprint density at radius 2 is 1.50 bits per heavy atom. The number of allylic oxidation sites excluding steroid dienone is 6. The van der Waals surface area contributed by atoms with Crippen molar-refractivity contribution in [3.05, 3.63) is 36.5 Å². The molecule has 0 aromatic rings. The molecule has 0 radical (unpaired) electrons. The minimum atomic E-state index is -4.59. The average Bonchev–Trinajstić information content (AvgIpc) is 2.83. The highest BCUT2D eigenvalue weighted by molar-refractivity contribution is 7.45. The van der Waals surface area contributed by atoms with E-state index >= 15 is 0 Å². The second-order valence-electron chi connectivity index (χ2n) is 10.0. The van der Waals surface area contributed by atoms with Gasteiger partial charge in [-0.15, -0.1) is 0 Å². The molecular formula is C28H50NO8P. The van der Waals surface area contributed by atoms with E-state index in [0.717, 1.165) is 38.5 Å². The van der Waals surface area contributed by atoms with E-state index in [2.05, 4.69) is 43.4 Å². The van der Waals surface area contributed by atoms with Crippen LogP contribution in [0.15, 0.2) is 36.5 Å². The lowest BCUT2D eigenvalue weighted by Crippen LogP contribution is -2.37. The van der Waals surface area contributed by atoms with Gasteiger partial charge in [-0.25, -0.2) is 0 Å². The molecule has 0 aliphatic carbocycles. The van der Waals surface area contributed by atoms with Gasteiger partial charge in [0.05, 0.1) is 27.7 Å². The maximum Gasteiger partial charge on any atom is 0.306 e. The van der Waals surface area contributed by atoms with Crippen molar-refractivity contribution in [3.8, 4) is 0 Å². The van der Waals surface area contributed by atoms with Crippen molar-refractivity contribution < 1.29 is 42.1 Å². The minimum Gasteiger partial charge on any atom is -0.756 e. The molecule has 10 heteroatoms. The number of unbranched alkanes of at least 4 members (excludes halogenated alkanes) is 3. The average molecular weight is 560 g/mol. The van der Waals surface area contributed by atoms with Crippen LogP contribution in [0.25, 0.3) is 0 Å². The van der Waals surface area contributed by atoms with E-state index in [-0.39, 0.29) is 26.1 Å². The maximum absolute atomic E-state index is 12.3. The Hall–Kier alpha value is -1.77. The molecule has 0 spiro atoms. The molecule has 0 heterocycles. The van der Waals surface area contributed by atoms with E-state index in [1.807, 2.05) is 28.1 Å². The van der Waals surface area contributed by atoms with Crippen LogP contribution >= 0.6 is 7.82 Å². The quantitative estimate of drug-likeness (QED) is 0.0548. The molecule has 0 aromatic heterocycles. The number of nitrogens with zero attached hydrogens (tertiary/aromatic N) is 1. The molecule has 0 rings (SSSR count). The number of rotatable bonds is 23. The number of quaternary nitrogens is 1. The zero-order valence-electron chi connectivity index (χ0n) is 24.1. The first-order valence-corrected chi connectivity index (χ1v) is 15.2. The summed E-state index contributed by atoms with van der Waals surface area (Å²) in [6.07, 6.45) is 19.2. The van der Waals surface area contributed by atoms with Gasteiger partial charge in [-0.1, -0.05) is 56.7 Å². The third-order valence-electron chi connectivity index (χ3n) is 5.14. The van der Waals surface area contributed by atoms with E-state index in [1.165, 1.54) is 0 Å². The second-order valence-corrected chi connectivity index (χ2v) is 11.4. The summed E-state index contributed by atoms with van der Waals surface area (Å²) in [4.78, 5) is 36.1. The Kier molecular flexibility index (Phi) is 21.1. The number of hydrogen-bond donors (Lipinski definition) is 0. The van der Waals surface area contributed by atoms with Crippen molar-refractivity contribution in [2.75, 3.05) is 47.5 Å². The van der Waals surface area contributed by atoms with Crippen molar-refractivity contribution in [1.29, 1.82) is 0 Å². The van der Waals surface area contributed by atoms with E-state index in [1.54, 1.807) is 0 Å². The first kappa shape index (κ1) is 36.2. The highest BCUT2D eigenvalue weighted by Crippen LogP contribution is 2.38. The molecule has 2 atom stereocenters. The third kappa shape index (κ3) is 24.6. The summed E-state index contributed by atoms with van der Waals surface area (Å²) in [6, 6.07) is 0. The fourth-order valence-corrected chi connectivity index (χ4v) is 3.72. The van der Waals surface area contributed by atoms with Crippen molar-refractivity contribution >= 4 is 19.8 Å². The fourth-order valence-electron chi connectivity index (χ4n) is 3.00. The Balaban J connectivity index is 4.40. The molecule has 0 saturated carbocycles. The first-order chi connectivity index (χ1) is 18.0. The number of likely N-dealkylation sites (N-methyl/N-ethyl adjacent to an activating group) is 1. The van der Waals surface area contributed by atoms with E-state index in [4.69, 9.17) is 18.5 Å². The predicted octanol–water partition coefficient (Wildman–Crippen LogP) is 5.26. The molecular weight excluding hydrogens is 509 g/mol. The second kappa shape index (κ2) is 22.1. The first-order valence-electron chi connectivity index (χ1n) is 13.7. The Labute approximate surface area is 230 Å². The topological polar surface area (TPSA) is 111 Å². The number of carbonyl (C=O) groups is 2. The summed E-state index contributed by atoms with van der Waals surface area (Å²) < 4.78 is 32.9. The predicted molar refractivity (Wildman–Crippen MR) is 148 cm³/mol. The lowest BCUT2D eigenvalue weighted by atomic mass is 10.1. The lowest BCUT2D eigenvalue weighted by molar-refractivity contribution is -0.870. The summed E-state index contributed by atoms with van der Waals surface area (Å²) in [6.45, 7) is 3.62. The zero-order valence-corrected chi connectivity index (χ0v) is 25.0. The van der Waals surface area contributed by atoms with Gasteiger partial charge in [0.1, 0.15) is 19.8 Å². The van der Waals surface area contributed by atoms with Crippen molar-refractivity contribution in [3.63, 3.8) is 0 Å². The molecule has 0 saturated heterocycles. The van der Waals surface area contributed by atoms with Crippen molar-refractivity contribution in [1.82, 2.24) is 0 Å². The highest BCUT2D eigenvalue weighted by atomic mass is 31.2. The molecule has 0 aliphatic heterocycles. The molecule has 38 heavy (non-hydrogen) atoms. The van der Waals surface area contributed by atoms with Gasteiger partial charge in [0, 0.05) is 12.8 Å². The Morgan fingerprint density at radius 3 is 2.13 bits per heavy atom. The monoisotopic (exact) mass is 559 g/mol. The maximum atomic E-state index is 12.3. The van der Waals surface area contributed by atoms with Crippen LogP contribution in [0.2, 0.25) is 0 Å². The molecule has 9 nitrogen and oxygen atoms in total. The number of carbonyl (C=O) groups excluding carboxylic acids is 2. The Morgan fingerprint density at radius 1 is 0.842 bits per heavy atom. The largest absolute Gasteiger partial charge is 0.756 e. The summed E-state index contributed by atoms with van der Waals surface area (Å²) in [5.41, 5.74) is 0. The van der Waals surface area contributed by atoms with Crippen LogP contribution in [0.1, 0.15) is 78.1 Å². The van der Waals surface area contributed by atoms with Crippen LogP contribution < -0.4 is 4.89 Å². The summed E-state index contributed by atoms with van der Waals surface area (Å²) in [5, 5.41) is 0. The molecule has 0 N–H and O–H groups in total. The summed E-state index contributed by atoms with van der Waals surface area (Å²) >= 11 is 0. The van der Waals surface area contributed by atoms with Gasteiger partial charge >= 0.3 is 11.9 Å². The van der Waals surface area contributed by atoms with Crippen LogP contribution in [-0.2, 0) is 32.7 Å². The number of phosphoric acid groups is 1. The van der Waals surface area contributed by atoms with Gasteiger partial charge < -0.3 is 27.9 Å². The van der Waals surface area contributed by atoms with E-state index in [0.29, 0.717) is 23.9 Å². The van der Waals surface area contributed by atoms with Crippen LogP contribution in [-0.4, -0.2) is 70.0 Å². The van der Waals surface area contributed by atoms with Crippen molar-refractivity contribution in [2.45, 2.75) is 84.2 Å². The molecule has 0 bridgehead atoms. The van der Waals surface area contributed by atoms with Gasteiger partial charge in [-0.2, -0.15) is 0 Å². The number of hydrogen-bond acceptors (Lipinski definition) is 8. The van der Waals surface area contributed by atoms with Gasteiger partial charge in [0.25, 0.3) is 7.82 Å². The SMILES string of the molecule is CC/C=C\C/C=C\C/C=C\CCCCCC(=O)OC(COC(=O)CCC)COP(=O)([O-])OCC[N+](C)(C)C. The van der Waals surface area contributed by atoms with Gasteiger partial charge in [-0.05, 0) is 44.9 Å². The minimum absolute atomic E-state index is 0.0389. The number of phosphoric ester groups is 1. The standard InChI is InChI=1S/C28H50NO8P/c1-6-8-9-10-11-12-13-14-15-16-17-18-19-21-28(31)37-26(24-34-27(30)20-7-2)25-36-38(32,33)35-23-22-29(3,4)5/h8-9,11-12,14-15,26H,6-7,10,13,16-25H2,1-5H3/b9-8-,12-11-,15-14-. The normalized spacial score (nSPS) is 14.8. The van der Waals surface area contributed by atoms with E-state index < -0.39 is 32.5 Å². The van der Waals surface area contributed by atoms with Crippen LogP contribution in [0.5, 0.6) is 0 Å². The van der Waals surface area contributed by atoms with Gasteiger partial charge in [0.15, 0.2) is 6.10 Å². The number of esters is 2. The molecule has 0 amide bonds.